The molecule has 0 saturated heterocycles. The third kappa shape index (κ3) is 6.28. The Hall–Kier alpha value is -3.15. The minimum Gasteiger partial charge on any atom is -0.508 e. The van der Waals surface area contributed by atoms with Gasteiger partial charge in [0.05, 0.1) is 11.6 Å². The van der Waals surface area contributed by atoms with Gasteiger partial charge in [-0.05, 0) is 85.1 Å². The second-order valence-corrected chi connectivity index (χ2v) is 12.6. The zero-order chi connectivity index (χ0) is 27.7. The van der Waals surface area contributed by atoms with Crippen molar-refractivity contribution in [3.05, 3.63) is 65.2 Å². The number of aliphatic imine (C=N–C) groups is 1. The number of hydrogen-bond acceptors (Lipinski definition) is 4. The number of rotatable bonds is 11. The molecule has 1 aliphatic heterocycles. The molecule has 1 aliphatic carbocycles. The Morgan fingerprint density at radius 2 is 1.82 bits per heavy atom. The number of aromatic hydroxyl groups is 1. The first-order valence-corrected chi connectivity index (χ1v) is 13.9. The number of aromatic carboxylic acids is 1. The molecule has 4 rings (SSSR count). The van der Waals surface area contributed by atoms with E-state index in [2.05, 4.69) is 34.6 Å². The van der Waals surface area contributed by atoms with Crippen molar-refractivity contribution >= 4 is 17.6 Å². The summed E-state index contributed by atoms with van der Waals surface area (Å²) in [6.07, 6.45) is 6.76. The lowest BCUT2D eigenvalue weighted by Crippen LogP contribution is -2.40. The van der Waals surface area contributed by atoms with E-state index in [0.29, 0.717) is 22.6 Å². The van der Waals surface area contributed by atoms with Crippen LogP contribution in [0.3, 0.4) is 0 Å². The van der Waals surface area contributed by atoms with Gasteiger partial charge in [0.15, 0.2) is 0 Å². The summed E-state index contributed by atoms with van der Waals surface area (Å²) >= 11 is 0. The maximum absolute atomic E-state index is 14.1. The monoisotopic (exact) mass is 518 g/mol. The van der Waals surface area contributed by atoms with Crippen LogP contribution < -0.4 is 0 Å². The average molecular weight is 519 g/mol. The molecule has 6 heteroatoms. The van der Waals surface area contributed by atoms with Crippen LogP contribution in [-0.2, 0) is 4.79 Å². The van der Waals surface area contributed by atoms with Gasteiger partial charge in [-0.15, -0.1) is 0 Å². The van der Waals surface area contributed by atoms with Gasteiger partial charge >= 0.3 is 5.97 Å². The highest BCUT2D eigenvalue weighted by Gasteiger charge is 2.45. The molecule has 0 bridgehead atoms. The zero-order valence-electron chi connectivity index (χ0n) is 23.4. The van der Waals surface area contributed by atoms with Gasteiger partial charge < -0.3 is 15.1 Å². The molecule has 1 fully saturated rings. The lowest BCUT2D eigenvalue weighted by Gasteiger charge is -2.35. The van der Waals surface area contributed by atoms with Crippen LogP contribution in [0.15, 0.2) is 53.5 Å². The molecule has 2 aromatic carbocycles. The Kier molecular flexibility index (Phi) is 8.01. The number of carboxylic acids is 1. The summed E-state index contributed by atoms with van der Waals surface area (Å²) in [6.45, 7) is 11.2. The lowest BCUT2D eigenvalue weighted by molar-refractivity contribution is -0.127. The molecule has 2 unspecified atom stereocenters. The van der Waals surface area contributed by atoms with Gasteiger partial charge in [-0.1, -0.05) is 65.3 Å². The van der Waals surface area contributed by atoms with Gasteiger partial charge in [-0.3, -0.25) is 9.79 Å². The Morgan fingerprint density at radius 3 is 2.37 bits per heavy atom. The summed E-state index contributed by atoms with van der Waals surface area (Å²) in [4.78, 5) is 32.5. The topological polar surface area (TPSA) is 90.2 Å². The van der Waals surface area contributed by atoms with Crippen molar-refractivity contribution in [3.63, 3.8) is 0 Å². The number of phenols is 1. The van der Waals surface area contributed by atoms with Crippen molar-refractivity contribution < 1.29 is 19.8 Å². The van der Waals surface area contributed by atoms with Crippen LogP contribution in [0.2, 0.25) is 0 Å². The number of benzene rings is 2. The highest BCUT2D eigenvalue weighted by Crippen LogP contribution is 2.54. The molecule has 3 atom stereocenters. The quantitative estimate of drug-likeness (QED) is 0.328. The molecule has 0 aromatic heterocycles. The number of amides is 1. The standard InChI is InChI=1S/C32H42N2O4/c1-6-24(32(5)18-19-32)14-15-27-33-28(23-8-7-9-25(35)20-23)29(36)34(27)26(16-17-31(2,3)4)21-10-12-22(13-11-21)30(37)38/h7-13,20,24,26-27,35H,6,14-19H2,1-5H3,(H,37,38)/t24?,26-,27?/m1/s1. The summed E-state index contributed by atoms with van der Waals surface area (Å²) in [5, 5.41) is 19.5. The van der Waals surface area contributed by atoms with E-state index in [4.69, 9.17) is 4.99 Å². The predicted octanol–water partition coefficient (Wildman–Crippen LogP) is 7.22. The first kappa shape index (κ1) is 27.9. The second-order valence-electron chi connectivity index (χ2n) is 12.6. The van der Waals surface area contributed by atoms with Gasteiger partial charge in [0.25, 0.3) is 5.91 Å². The van der Waals surface area contributed by atoms with E-state index < -0.39 is 5.97 Å². The summed E-state index contributed by atoms with van der Waals surface area (Å²) in [5.74, 6) is -0.393. The fourth-order valence-electron chi connectivity index (χ4n) is 5.81. The summed E-state index contributed by atoms with van der Waals surface area (Å²) < 4.78 is 0. The fraction of sp³-hybridized carbons (Fsp3) is 0.531. The van der Waals surface area contributed by atoms with Gasteiger partial charge in [0, 0.05) is 5.56 Å². The van der Waals surface area contributed by atoms with Crippen molar-refractivity contribution in [3.8, 4) is 5.75 Å². The summed E-state index contributed by atoms with van der Waals surface area (Å²) in [5.41, 5.74) is 2.64. The normalized spacial score (nSPS) is 20.2. The Balaban J connectivity index is 1.71. The maximum Gasteiger partial charge on any atom is 0.335 e. The summed E-state index contributed by atoms with van der Waals surface area (Å²) in [7, 11) is 0. The van der Waals surface area contributed by atoms with E-state index in [-0.39, 0.29) is 34.8 Å². The van der Waals surface area contributed by atoms with E-state index in [1.54, 1.807) is 30.3 Å². The van der Waals surface area contributed by atoms with Gasteiger partial charge in [-0.2, -0.15) is 0 Å². The lowest BCUT2D eigenvalue weighted by atomic mass is 9.84. The van der Waals surface area contributed by atoms with E-state index >= 15 is 0 Å². The van der Waals surface area contributed by atoms with Crippen molar-refractivity contribution in [2.24, 2.45) is 21.7 Å². The van der Waals surface area contributed by atoms with Crippen molar-refractivity contribution in [1.82, 2.24) is 4.90 Å². The first-order valence-electron chi connectivity index (χ1n) is 13.9. The minimum absolute atomic E-state index is 0.0697. The van der Waals surface area contributed by atoms with Crippen molar-refractivity contribution in [2.45, 2.75) is 91.8 Å². The van der Waals surface area contributed by atoms with E-state index in [1.807, 2.05) is 23.1 Å². The second kappa shape index (κ2) is 10.9. The molecule has 0 radical (unpaired) electrons. The Labute approximate surface area is 226 Å². The van der Waals surface area contributed by atoms with Gasteiger partial charge in [0.1, 0.15) is 17.6 Å². The molecular weight excluding hydrogens is 476 g/mol. The van der Waals surface area contributed by atoms with Crippen LogP contribution in [0.5, 0.6) is 5.75 Å². The number of carbonyl (C=O) groups excluding carboxylic acids is 1. The van der Waals surface area contributed by atoms with E-state index in [0.717, 1.165) is 37.7 Å². The van der Waals surface area contributed by atoms with E-state index in [1.165, 1.54) is 12.8 Å². The molecule has 204 valence electrons. The van der Waals surface area contributed by atoms with Crippen LogP contribution in [0.25, 0.3) is 0 Å². The molecule has 2 aromatic rings. The van der Waals surface area contributed by atoms with Crippen LogP contribution >= 0.6 is 0 Å². The average Bonchev–Trinajstić information content (AvgIpc) is 3.52. The molecule has 2 aliphatic rings. The molecule has 1 heterocycles. The molecule has 0 spiro atoms. The first-order chi connectivity index (χ1) is 17.9. The van der Waals surface area contributed by atoms with Crippen molar-refractivity contribution in [2.75, 3.05) is 0 Å². The highest BCUT2D eigenvalue weighted by molar-refractivity contribution is 6.46. The molecule has 2 N–H and O–H groups in total. The number of phenolic OH excluding ortho intramolecular Hbond substituents is 1. The Bertz CT molecular complexity index is 1190. The summed E-state index contributed by atoms with van der Waals surface area (Å²) in [6, 6.07) is 13.4. The number of carboxylic acid groups (broad SMARTS) is 1. The third-order valence-electron chi connectivity index (χ3n) is 8.49. The van der Waals surface area contributed by atoms with Gasteiger partial charge in [0.2, 0.25) is 0 Å². The smallest absolute Gasteiger partial charge is 0.335 e. The van der Waals surface area contributed by atoms with Gasteiger partial charge in [-0.25, -0.2) is 4.79 Å². The van der Waals surface area contributed by atoms with E-state index in [9.17, 15) is 19.8 Å². The van der Waals surface area contributed by atoms with Crippen molar-refractivity contribution in [1.29, 1.82) is 0 Å². The SMILES string of the molecule is CCC(CCC1N=C(c2cccc(O)c2)C(=O)N1[C@H](CCC(C)(C)C)c1ccc(C(=O)O)cc1)C1(C)CC1. The zero-order valence-corrected chi connectivity index (χ0v) is 23.4. The third-order valence-corrected chi connectivity index (χ3v) is 8.49. The molecule has 1 amide bonds. The minimum atomic E-state index is -0.966. The molecule has 6 nitrogen and oxygen atoms in total. The van der Waals surface area contributed by atoms with Crippen LogP contribution in [0, 0.1) is 16.7 Å². The number of carbonyl (C=O) groups is 2. The largest absolute Gasteiger partial charge is 0.508 e. The Morgan fingerprint density at radius 1 is 1.13 bits per heavy atom. The predicted molar refractivity (Wildman–Crippen MR) is 150 cm³/mol. The number of hydrogen-bond donors (Lipinski definition) is 2. The molecular formula is C32H42N2O4. The van der Waals surface area contributed by atoms with Crippen LogP contribution in [0.4, 0.5) is 0 Å². The highest BCUT2D eigenvalue weighted by atomic mass is 16.4. The fourth-order valence-corrected chi connectivity index (χ4v) is 5.81. The maximum atomic E-state index is 14.1. The number of nitrogens with zero attached hydrogens (tertiary/aromatic N) is 2. The van der Waals surface area contributed by atoms with Crippen LogP contribution in [0.1, 0.15) is 107 Å². The van der Waals surface area contributed by atoms with Crippen LogP contribution in [-0.4, -0.2) is 38.9 Å². The molecule has 38 heavy (non-hydrogen) atoms. The molecule has 1 saturated carbocycles.